The van der Waals surface area contributed by atoms with E-state index in [9.17, 15) is 18.0 Å². The van der Waals surface area contributed by atoms with Crippen LogP contribution in [0.25, 0.3) is 10.8 Å². The number of rotatable bonds is 13. The summed E-state index contributed by atoms with van der Waals surface area (Å²) in [6.07, 6.45) is 1.68. The van der Waals surface area contributed by atoms with E-state index < -0.39 is 27.8 Å². The van der Waals surface area contributed by atoms with E-state index in [-0.39, 0.29) is 36.8 Å². The highest BCUT2D eigenvalue weighted by molar-refractivity contribution is 7.89. The molecule has 0 spiro atoms. The Labute approximate surface area is 200 Å². The molecule has 5 N–H and O–H groups in total. The van der Waals surface area contributed by atoms with Gasteiger partial charge < -0.3 is 21.1 Å². The lowest BCUT2D eigenvalue weighted by Crippen LogP contribution is -2.44. The third kappa shape index (κ3) is 7.16. The quantitative estimate of drug-likeness (QED) is 0.125. The number of esters is 1. The van der Waals surface area contributed by atoms with E-state index in [4.69, 9.17) is 16.2 Å². The summed E-state index contributed by atoms with van der Waals surface area (Å²) in [6.45, 7) is 2.19. The van der Waals surface area contributed by atoms with Crippen LogP contribution in [0, 0.1) is 0 Å². The number of aliphatic imine (C=N–C) groups is 1. The van der Waals surface area contributed by atoms with Crippen molar-refractivity contribution in [3.63, 3.8) is 0 Å². The van der Waals surface area contributed by atoms with E-state index in [2.05, 4.69) is 9.71 Å². The zero-order valence-electron chi connectivity index (χ0n) is 19.8. The topological polar surface area (TPSA) is 157 Å². The van der Waals surface area contributed by atoms with Crippen LogP contribution in [0.1, 0.15) is 32.6 Å². The second-order valence-electron chi connectivity index (χ2n) is 8.00. The van der Waals surface area contributed by atoms with Crippen LogP contribution in [0.2, 0.25) is 0 Å². The Morgan fingerprint density at radius 2 is 1.76 bits per heavy atom. The second-order valence-corrected chi connectivity index (χ2v) is 9.68. The van der Waals surface area contributed by atoms with Crippen molar-refractivity contribution < 1.29 is 22.7 Å². The molecule has 0 heterocycles. The number of ketones is 1. The van der Waals surface area contributed by atoms with Crippen molar-refractivity contribution >= 4 is 44.2 Å². The van der Waals surface area contributed by atoms with E-state index in [1.165, 1.54) is 6.07 Å². The number of Topliss-reactive ketones (excluding diaryl/α,β-unsaturated/α-hetero) is 1. The summed E-state index contributed by atoms with van der Waals surface area (Å²) < 4.78 is 34.2. The third-order valence-electron chi connectivity index (χ3n) is 5.12. The van der Waals surface area contributed by atoms with Crippen molar-refractivity contribution in [3.05, 3.63) is 36.4 Å². The van der Waals surface area contributed by atoms with Crippen molar-refractivity contribution in [1.82, 2.24) is 4.72 Å². The lowest BCUT2D eigenvalue weighted by molar-refractivity contribution is -0.154. The summed E-state index contributed by atoms with van der Waals surface area (Å²) in [5, 5.41) is 1.24. The van der Waals surface area contributed by atoms with Gasteiger partial charge >= 0.3 is 5.97 Å². The first-order chi connectivity index (χ1) is 16.1. The molecule has 0 aliphatic carbocycles. The maximum absolute atomic E-state index is 13.4. The molecule has 0 fully saturated rings. The maximum Gasteiger partial charge on any atom is 0.376 e. The molecule has 0 bridgehead atoms. The lowest BCUT2D eigenvalue weighted by atomic mass is 10.1. The molecule has 0 unspecified atom stereocenters. The van der Waals surface area contributed by atoms with Crippen LogP contribution in [0.5, 0.6) is 0 Å². The Morgan fingerprint density at radius 1 is 1.09 bits per heavy atom. The van der Waals surface area contributed by atoms with E-state index in [0.717, 1.165) is 17.5 Å². The Kier molecular flexibility index (Phi) is 9.82. The summed E-state index contributed by atoms with van der Waals surface area (Å²) in [7, 11) is -0.439. The first-order valence-corrected chi connectivity index (χ1v) is 12.5. The summed E-state index contributed by atoms with van der Waals surface area (Å²) in [5.41, 5.74) is 11.5. The largest absolute Gasteiger partial charge is 0.460 e. The monoisotopic (exact) mass is 491 g/mol. The molecule has 11 heteroatoms. The zero-order chi connectivity index (χ0) is 25.3. The molecular formula is C23H33N5O5S. The van der Waals surface area contributed by atoms with Crippen LogP contribution >= 0.6 is 0 Å². The number of nitrogens with two attached hydrogens (primary N) is 2. The second kappa shape index (κ2) is 12.3. The minimum atomic E-state index is -4.17. The number of nitrogens with one attached hydrogen (secondary N) is 1. The highest BCUT2D eigenvalue weighted by Crippen LogP contribution is 2.30. The van der Waals surface area contributed by atoms with Gasteiger partial charge in [-0.25, -0.2) is 13.2 Å². The van der Waals surface area contributed by atoms with Crippen molar-refractivity contribution in [2.24, 2.45) is 16.5 Å². The predicted molar refractivity (Wildman–Crippen MR) is 133 cm³/mol. The van der Waals surface area contributed by atoms with Crippen molar-refractivity contribution in [3.8, 4) is 0 Å². The summed E-state index contributed by atoms with van der Waals surface area (Å²) in [5.74, 6) is -2.15. The maximum atomic E-state index is 13.4. The van der Waals surface area contributed by atoms with Crippen LogP contribution in [-0.4, -0.2) is 59.4 Å². The lowest BCUT2D eigenvalue weighted by Gasteiger charge is -2.19. The normalized spacial score (nSPS) is 12.2. The van der Waals surface area contributed by atoms with Crippen LogP contribution < -0.4 is 21.1 Å². The number of hydrogen-bond donors (Lipinski definition) is 3. The van der Waals surface area contributed by atoms with E-state index in [1.807, 2.05) is 38.1 Å². The Bertz CT molecular complexity index is 1140. The highest BCUT2D eigenvalue weighted by Gasteiger charge is 2.31. The molecule has 0 aromatic heterocycles. The molecule has 1 atom stereocenters. The van der Waals surface area contributed by atoms with Gasteiger partial charge in [-0.15, -0.1) is 0 Å². The van der Waals surface area contributed by atoms with Gasteiger partial charge in [-0.05, 0) is 31.4 Å². The molecule has 34 heavy (non-hydrogen) atoms. The summed E-state index contributed by atoms with van der Waals surface area (Å²) in [6, 6.07) is 8.95. The number of carbonyl (C=O) groups is 2. The molecule has 186 valence electrons. The number of sulfonamides is 1. The average molecular weight is 492 g/mol. The third-order valence-corrected chi connectivity index (χ3v) is 6.65. The smallest absolute Gasteiger partial charge is 0.376 e. The number of carbonyl (C=O) groups excluding carboxylic acids is 2. The standard InChI is InChI=1S/C23H33N5O5S/c1-4-5-15-33-22(30)21(29)18(11-8-14-26-23(24)25)27-34(31,32)20-13-7-9-16-17(20)10-6-12-19(16)28(2)3/h6-7,9-10,12-13,18,27H,4-5,8,11,14-15H2,1-3H3,(H4,24,25,26)/t18-/m0/s1. The zero-order valence-corrected chi connectivity index (χ0v) is 20.6. The summed E-state index contributed by atoms with van der Waals surface area (Å²) in [4.78, 5) is 30.8. The fraction of sp³-hybridized carbons (Fsp3) is 0.435. The molecule has 2 aromatic rings. The van der Waals surface area contributed by atoms with Gasteiger partial charge in [-0.2, -0.15) is 4.72 Å². The number of unbranched alkanes of at least 4 members (excludes halogenated alkanes) is 1. The molecule has 2 aromatic carbocycles. The number of guanidine groups is 1. The molecule has 0 aliphatic heterocycles. The molecule has 0 amide bonds. The van der Waals surface area contributed by atoms with Gasteiger partial charge in [0.1, 0.15) is 0 Å². The van der Waals surface area contributed by atoms with Crippen LogP contribution in [0.3, 0.4) is 0 Å². The molecule has 2 rings (SSSR count). The van der Waals surface area contributed by atoms with Gasteiger partial charge in [0.2, 0.25) is 10.0 Å². The van der Waals surface area contributed by atoms with E-state index >= 15 is 0 Å². The molecular weight excluding hydrogens is 458 g/mol. The van der Waals surface area contributed by atoms with E-state index in [1.54, 1.807) is 18.2 Å². The molecule has 0 saturated carbocycles. The highest BCUT2D eigenvalue weighted by atomic mass is 32.2. The van der Waals surface area contributed by atoms with Gasteiger partial charge in [0.25, 0.3) is 5.78 Å². The fourth-order valence-electron chi connectivity index (χ4n) is 3.41. The Morgan fingerprint density at radius 3 is 2.41 bits per heavy atom. The Balaban J connectivity index is 2.36. The molecule has 0 saturated heterocycles. The van der Waals surface area contributed by atoms with Crippen molar-refractivity contribution in [2.45, 2.75) is 43.5 Å². The van der Waals surface area contributed by atoms with Gasteiger partial charge in [-0.3, -0.25) is 9.79 Å². The van der Waals surface area contributed by atoms with Crippen molar-refractivity contribution in [2.75, 3.05) is 32.1 Å². The number of ether oxygens (including phenoxy) is 1. The average Bonchev–Trinajstić information content (AvgIpc) is 2.79. The van der Waals surface area contributed by atoms with E-state index in [0.29, 0.717) is 11.8 Å². The molecule has 0 aliphatic rings. The van der Waals surface area contributed by atoms with Gasteiger partial charge in [-0.1, -0.05) is 37.6 Å². The molecule has 10 nitrogen and oxygen atoms in total. The number of nitrogens with zero attached hydrogens (tertiary/aromatic N) is 2. The predicted octanol–water partition coefficient (Wildman–Crippen LogP) is 1.52. The van der Waals surface area contributed by atoms with Crippen LogP contribution in [-0.2, 0) is 24.3 Å². The van der Waals surface area contributed by atoms with Crippen molar-refractivity contribution in [1.29, 1.82) is 0 Å². The summed E-state index contributed by atoms with van der Waals surface area (Å²) >= 11 is 0. The molecule has 0 radical (unpaired) electrons. The Hall–Kier alpha value is -3.18. The first kappa shape index (κ1) is 27.1. The number of anilines is 1. The fourth-order valence-corrected chi connectivity index (χ4v) is 4.86. The van der Waals surface area contributed by atoms with Crippen LogP contribution in [0.4, 0.5) is 5.69 Å². The van der Waals surface area contributed by atoms with Gasteiger partial charge in [0.05, 0.1) is 17.5 Å². The van der Waals surface area contributed by atoms with Crippen LogP contribution in [0.15, 0.2) is 46.3 Å². The minimum absolute atomic E-state index is 0.00933. The number of benzene rings is 2. The first-order valence-electron chi connectivity index (χ1n) is 11.1. The van der Waals surface area contributed by atoms with Gasteiger partial charge in [0.15, 0.2) is 5.96 Å². The minimum Gasteiger partial charge on any atom is -0.460 e. The number of fused-ring (bicyclic) bond motifs is 1. The van der Waals surface area contributed by atoms with Gasteiger partial charge in [0, 0.05) is 37.1 Å². The SMILES string of the molecule is CCCCOC(=O)C(=O)[C@H](CCCN=C(N)N)NS(=O)(=O)c1cccc2c(N(C)C)cccc12. The number of hydrogen-bond acceptors (Lipinski definition) is 7.